The van der Waals surface area contributed by atoms with Gasteiger partial charge in [-0.25, -0.2) is 0 Å². The highest BCUT2D eigenvalue weighted by atomic mass is 79.9. The number of para-hydroxylation sites is 1. The molecular formula is C19H17BrO. The Bertz CT molecular complexity index is 751. The Labute approximate surface area is 133 Å². The monoisotopic (exact) mass is 340 g/mol. The van der Waals surface area contributed by atoms with Crippen LogP contribution in [0.1, 0.15) is 16.0 Å². The molecule has 0 fully saturated rings. The highest BCUT2D eigenvalue weighted by molar-refractivity contribution is 9.09. The molecule has 0 aromatic heterocycles. The minimum atomic E-state index is 0.245. The summed E-state index contributed by atoms with van der Waals surface area (Å²) >= 11 is 3.80. The van der Waals surface area contributed by atoms with Crippen molar-refractivity contribution in [3.05, 3.63) is 77.9 Å². The van der Waals surface area contributed by atoms with Gasteiger partial charge in [-0.1, -0.05) is 76.6 Å². The molecule has 0 amide bonds. The lowest BCUT2D eigenvalue weighted by molar-refractivity contribution is 0.409. The van der Waals surface area contributed by atoms with Gasteiger partial charge < -0.3 is 4.74 Å². The lowest BCUT2D eigenvalue weighted by atomic mass is 10.0. The van der Waals surface area contributed by atoms with E-state index in [9.17, 15) is 0 Å². The van der Waals surface area contributed by atoms with Crippen molar-refractivity contribution in [2.75, 3.05) is 7.11 Å². The molecule has 1 atom stereocenters. The standard InChI is InChI=1S/C19H17BrO/c1-21-19-9-5-4-8-17(19)18(20)13-14-10-11-15-6-2-3-7-16(15)12-14/h2-12,18H,13H2,1H3. The van der Waals surface area contributed by atoms with Gasteiger partial charge in [-0.3, -0.25) is 0 Å². The summed E-state index contributed by atoms with van der Waals surface area (Å²) in [4.78, 5) is 0.245. The fraction of sp³-hybridized carbons (Fsp3) is 0.158. The van der Waals surface area contributed by atoms with Crippen LogP contribution in [0, 0.1) is 0 Å². The summed E-state index contributed by atoms with van der Waals surface area (Å²) in [5.41, 5.74) is 2.51. The molecule has 3 aromatic rings. The van der Waals surface area contributed by atoms with E-state index >= 15 is 0 Å². The highest BCUT2D eigenvalue weighted by Gasteiger charge is 2.13. The van der Waals surface area contributed by atoms with E-state index in [1.807, 2.05) is 18.2 Å². The van der Waals surface area contributed by atoms with Crippen molar-refractivity contribution in [1.82, 2.24) is 0 Å². The lowest BCUT2D eigenvalue weighted by Gasteiger charge is -2.14. The Kier molecular flexibility index (Phi) is 4.26. The van der Waals surface area contributed by atoms with Crippen LogP contribution in [0.4, 0.5) is 0 Å². The molecule has 0 aliphatic heterocycles. The zero-order valence-electron chi connectivity index (χ0n) is 11.9. The second kappa shape index (κ2) is 6.31. The van der Waals surface area contributed by atoms with E-state index in [1.54, 1.807) is 7.11 Å². The fourth-order valence-electron chi connectivity index (χ4n) is 2.61. The zero-order valence-corrected chi connectivity index (χ0v) is 13.5. The summed E-state index contributed by atoms with van der Waals surface area (Å²) in [6.07, 6.45) is 0.936. The third-order valence-corrected chi connectivity index (χ3v) is 4.52. The van der Waals surface area contributed by atoms with Gasteiger partial charge in [-0.2, -0.15) is 0 Å². The van der Waals surface area contributed by atoms with Gasteiger partial charge in [0, 0.05) is 10.4 Å². The molecule has 21 heavy (non-hydrogen) atoms. The van der Waals surface area contributed by atoms with E-state index in [-0.39, 0.29) is 4.83 Å². The van der Waals surface area contributed by atoms with E-state index in [2.05, 4.69) is 64.5 Å². The molecule has 0 N–H and O–H groups in total. The molecule has 2 heteroatoms. The topological polar surface area (TPSA) is 9.23 Å². The Morgan fingerprint density at radius 2 is 1.62 bits per heavy atom. The Morgan fingerprint density at radius 1 is 0.905 bits per heavy atom. The van der Waals surface area contributed by atoms with Crippen molar-refractivity contribution in [2.24, 2.45) is 0 Å². The predicted octanol–water partition coefficient (Wildman–Crippen LogP) is 5.53. The Hall–Kier alpha value is -1.80. The number of benzene rings is 3. The van der Waals surface area contributed by atoms with Gasteiger partial charge >= 0.3 is 0 Å². The average molecular weight is 341 g/mol. The van der Waals surface area contributed by atoms with Crippen molar-refractivity contribution in [1.29, 1.82) is 0 Å². The number of ether oxygens (including phenoxy) is 1. The van der Waals surface area contributed by atoms with E-state index in [4.69, 9.17) is 4.74 Å². The van der Waals surface area contributed by atoms with Gasteiger partial charge in [0.25, 0.3) is 0 Å². The van der Waals surface area contributed by atoms with Gasteiger partial charge in [0.05, 0.1) is 7.11 Å². The quantitative estimate of drug-likeness (QED) is 0.567. The SMILES string of the molecule is COc1ccccc1C(Br)Cc1ccc2ccccc2c1. The molecule has 0 spiro atoms. The maximum absolute atomic E-state index is 5.44. The molecule has 0 saturated heterocycles. The van der Waals surface area contributed by atoms with Crippen LogP contribution in [0.15, 0.2) is 66.7 Å². The van der Waals surface area contributed by atoms with Crippen molar-refractivity contribution in [2.45, 2.75) is 11.2 Å². The normalized spacial score (nSPS) is 12.3. The van der Waals surface area contributed by atoms with Crippen molar-refractivity contribution < 1.29 is 4.74 Å². The predicted molar refractivity (Wildman–Crippen MR) is 92.3 cm³/mol. The van der Waals surface area contributed by atoms with Crippen LogP contribution in [0.5, 0.6) is 5.75 Å². The smallest absolute Gasteiger partial charge is 0.123 e. The van der Waals surface area contributed by atoms with Crippen molar-refractivity contribution in [3.8, 4) is 5.75 Å². The number of fused-ring (bicyclic) bond motifs is 1. The van der Waals surface area contributed by atoms with Crippen molar-refractivity contribution in [3.63, 3.8) is 0 Å². The molecule has 0 bridgehead atoms. The van der Waals surface area contributed by atoms with Gasteiger partial charge in [-0.15, -0.1) is 0 Å². The first-order valence-electron chi connectivity index (χ1n) is 7.02. The molecule has 0 saturated carbocycles. The third-order valence-electron chi connectivity index (χ3n) is 3.71. The molecule has 3 aromatic carbocycles. The molecule has 106 valence electrons. The Morgan fingerprint density at radius 3 is 2.43 bits per heavy atom. The number of halogens is 1. The van der Waals surface area contributed by atoms with Gasteiger partial charge in [0.2, 0.25) is 0 Å². The number of methoxy groups -OCH3 is 1. The molecule has 0 aliphatic rings. The van der Waals surface area contributed by atoms with Crippen LogP contribution in [0.2, 0.25) is 0 Å². The first kappa shape index (κ1) is 14.2. The van der Waals surface area contributed by atoms with E-state index in [1.165, 1.54) is 21.9 Å². The van der Waals surface area contributed by atoms with Gasteiger partial charge in [0.1, 0.15) is 5.75 Å². The van der Waals surface area contributed by atoms with Crippen LogP contribution in [0.25, 0.3) is 10.8 Å². The number of alkyl halides is 1. The minimum Gasteiger partial charge on any atom is -0.496 e. The summed E-state index contributed by atoms with van der Waals surface area (Å²) in [6.45, 7) is 0. The van der Waals surface area contributed by atoms with E-state index in [0.29, 0.717) is 0 Å². The van der Waals surface area contributed by atoms with Gasteiger partial charge in [0.15, 0.2) is 0 Å². The molecule has 0 heterocycles. The van der Waals surface area contributed by atoms with Crippen LogP contribution in [-0.2, 0) is 6.42 Å². The van der Waals surface area contributed by atoms with E-state index < -0.39 is 0 Å². The number of hydrogen-bond donors (Lipinski definition) is 0. The summed E-state index contributed by atoms with van der Waals surface area (Å²) < 4.78 is 5.44. The highest BCUT2D eigenvalue weighted by Crippen LogP contribution is 2.34. The summed E-state index contributed by atoms with van der Waals surface area (Å²) in [7, 11) is 1.72. The van der Waals surface area contributed by atoms with E-state index in [0.717, 1.165) is 12.2 Å². The van der Waals surface area contributed by atoms with Crippen LogP contribution in [-0.4, -0.2) is 7.11 Å². The third kappa shape index (κ3) is 3.11. The fourth-order valence-corrected chi connectivity index (χ4v) is 3.36. The second-order valence-electron chi connectivity index (χ2n) is 5.10. The second-order valence-corrected chi connectivity index (χ2v) is 6.20. The summed E-state index contributed by atoms with van der Waals surface area (Å²) in [5, 5.41) is 2.57. The molecular weight excluding hydrogens is 324 g/mol. The molecule has 0 radical (unpaired) electrons. The van der Waals surface area contributed by atoms with Crippen molar-refractivity contribution >= 4 is 26.7 Å². The molecule has 0 aliphatic carbocycles. The summed E-state index contributed by atoms with van der Waals surface area (Å²) in [6, 6.07) is 23.3. The first-order chi connectivity index (χ1) is 10.3. The molecule has 1 unspecified atom stereocenters. The average Bonchev–Trinajstić information content (AvgIpc) is 2.54. The first-order valence-corrected chi connectivity index (χ1v) is 7.94. The summed E-state index contributed by atoms with van der Waals surface area (Å²) in [5.74, 6) is 0.931. The number of rotatable bonds is 4. The van der Waals surface area contributed by atoms with Crippen LogP contribution >= 0.6 is 15.9 Å². The Balaban J connectivity index is 1.87. The maximum atomic E-state index is 5.44. The lowest BCUT2D eigenvalue weighted by Crippen LogP contribution is -1.98. The molecule has 1 nitrogen and oxygen atoms in total. The minimum absolute atomic E-state index is 0.245. The van der Waals surface area contributed by atoms with Gasteiger partial charge in [-0.05, 0) is 28.8 Å². The van der Waals surface area contributed by atoms with Crippen LogP contribution < -0.4 is 4.74 Å². The number of hydrogen-bond acceptors (Lipinski definition) is 1. The largest absolute Gasteiger partial charge is 0.496 e. The van der Waals surface area contributed by atoms with Crippen LogP contribution in [0.3, 0.4) is 0 Å². The zero-order chi connectivity index (χ0) is 14.7. The maximum Gasteiger partial charge on any atom is 0.123 e. The molecule has 3 rings (SSSR count).